The number of aliphatic carboxylic acids is 1. The fourth-order valence-corrected chi connectivity index (χ4v) is 2.42. The molecule has 1 aromatic rings. The minimum atomic E-state index is -4.50. The third-order valence-corrected chi connectivity index (χ3v) is 3.55. The number of morpholine rings is 1. The topological polar surface area (TPSA) is 85.3 Å². The van der Waals surface area contributed by atoms with Crippen LogP contribution in [0.5, 0.6) is 11.5 Å². The Labute approximate surface area is 147 Å². The number of hydrogen-bond donors (Lipinski definition) is 1. The number of benzene rings is 1. The quantitative estimate of drug-likeness (QED) is 0.779. The molecular weight excluding hydrogens is 359 g/mol. The summed E-state index contributed by atoms with van der Waals surface area (Å²) in [6.45, 7) is -1.35. The minimum absolute atomic E-state index is 0.00635. The lowest BCUT2D eigenvalue weighted by Crippen LogP contribution is -2.51. The number of amides is 1. The van der Waals surface area contributed by atoms with Gasteiger partial charge in [-0.05, 0) is 12.1 Å². The van der Waals surface area contributed by atoms with E-state index in [1.807, 2.05) is 0 Å². The van der Waals surface area contributed by atoms with Gasteiger partial charge in [0.2, 0.25) is 0 Å². The van der Waals surface area contributed by atoms with Crippen molar-refractivity contribution in [2.75, 3.05) is 33.0 Å². The molecule has 7 nitrogen and oxygen atoms in total. The lowest BCUT2D eigenvalue weighted by Gasteiger charge is -2.34. The summed E-state index contributed by atoms with van der Waals surface area (Å²) in [6, 6.07) is 5.07. The Hall–Kier alpha value is -2.49. The summed E-state index contributed by atoms with van der Waals surface area (Å²) in [5.41, 5.74) is 0. The number of carbonyl (C=O) groups is 2. The van der Waals surface area contributed by atoms with Crippen LogP contribution in [0.25, 0.3) is 0 Å². The van der Waals surface area contributed by atoms with Crippen molar-refractivity contribution in [2.45, 2.75) is 18.6 Å². The minimum Gasteiger partial charge on any atom is -0.481 e. The molecule has 0 saturated carbocycles. The molecule has 0 radical (unpaired) electrons. The van der Waals surface area contributed by atoms with E-state index in [0.29, 0.717) is 0 Å². The first-order valence-electron chi connectivity index (χ1n) is 7.76. The van der Waals surface area contributed by atoms with Crippen molar-refractivity contribution < 1.29 is 42.1 Å². The molecule has 1 atom stereocenters. The van der Waals surface area contributed by atoms with Crippen LogP contribution in [0.15, 0.2) is 24.3 Å². The Morgan fingerprint density at radius 3 is 2.50 bits per heavy atom. The zero-order valence-electron chi connectivity index (χ0n) is 13.7. The highest BCUT2D eigenvalue weighted by atomic mass is 19.4. The summed E-state index contributed by atoms with van der Waals surface area (Å²) in [7, 11) is 0. The number of halogens is 3. The molecule has 1 heterocycles. The number of hydrogen-bond acceptors (Lipinski definition) is 5. The summed E-state index contributed by atoms with van der Waals surface area (Å²) >= 11 is 0. The second kappa shape index (κ2) is 8.75. The number of rotatable bonds is 7. The first kappa shape index (κ1) is 19.8. The number of ether oxygens (including phenoxy) is 3. The molecule has 1 fully saturated rings. The van der Waals surface area contributed by atoms with Gasteiger partial charge in [0.15, 0.2) is 24.7 Å². The van der Waals surface area contributed by atoms with Gasteiger partial charge in [0.1, 0.15) is 0 Å². The maximum Gasteiger partial charge on any atom is 0.422 e. The van der Waals surface area contributed by atoms with Crippen molar-refractivity contribution in [3.63, 3.8) is 0 Å². The van der Waals surface area contributed by atoms with Crippen molar-refractivity contribution >= 4 is 11.9 Å². The van der Waals surface area contributed by atoms with Gasteiger partial charge in [-0.2, -0.15) is 13.2 Å². The smallest absolute Gasteiger partial charge is 0.422 e. The lowest BCUT2D eigenvalue weighted by atomic mass is 10.1. The summed E-state index contributed by atoms with van der Waals surface area (Å²) < 4.78 is 52.0. The summed E-state index contributed by atoms with van der Waals surface area (Å²) in [5.74, 6) is -1.69. The van der Waals surface area contributed by atoms with Gasteiger partial charge in [-0.1, -0.05) is 12.1 Å². The maximum absolute atomic E-state index is 12.3. The monoisotopic (exact) mass is 377 g/mol. The van der Waals surface area contributed by atoms with Crippen LogP contribution in [-0.4, -0.2) is 67.1 Å². The molecule has 1 aromatic carbocycles. The normalized spacial score (nSPS) is 17.7. The van der Waals surface area contributed by atoms with E-state index in [1.165, 1.54) is 29.2 Å². The largest absolute Gasteiger partial charge is 0.481 e. The number of carboxylic acids is 1. The Bertz CT molecular complexity index is 637. The van der Waals surface area contributed by atoms with Crippen molar-refractivity contribution in [1.82, 2.24) is 4.90 Å². The summed E-state index contributed by atoms with van der Waals surface area (Å²) in [5, 5.41) is 8.90. The second-order valence-electron chi connectivity index (χ2n) is 5.55. The summed E-state index contributed by atoms with van der Waals surface area (Å²) in [4.78, 5) is 24.5. The Balaban J connectivity index is 1.97. The van der Waals surface area contributed by atoms with Crippen LogP contribution >= 0.6 is 0 Å². The molecule has 10 heteroatoms. The maximum atomic E-state index is 12.3. The molecular formula is C16H18F3NO6. The van der Waals surface area contributed by atoms with Crippen LogP contribution in [0, 0.1) is 0 Å². The van der Waals surface area contributed by atoms with Crippen LogP contribution in [0.4, 0.5) is 13.2 Å². The molecule has 1 saturated heterocycles. The van der Waals surface area contributed by atoms with E-state index in [2.05, 4.69) is 4.74 Å². The van der Waals surface area contributed by atoms with E-state index in [0.717, 1.165) is 0 Å². The molecule has 144 valence electrons. The zero-order chi connectivity index (χ0) is 19.2. The van der Waals surface area contributed by atoms with Gasteiger partial charge in [-0.25, -0.2) is 0 Å². The van der Waals surface area contributed by atoms with Gasteiger partial charge in [-0.15, -0.1) is 0 Å². The van der Waals surface area contributed by atoms with Crippen molar-refractivity contribution in [3.8, 4) is 11.5 Å². The lowest BCUT2D eigenvalue weighted by molar-refractivity contribution is -0.154. The Morgan fingerprint density at radius 2 is 1.88 bits per heavy atom. The van der Waals surface area contributed by atoms with Crippen LogP contribution < -0.4 is 9.47 Å². The summed E-state index contributed by atoms with van der Waals surface area (Å²) in [6.07, 6.45) is -4.77. The molecule has 2 rings (SSSR count). The molecule has 1 amide bonds. The van der Waals surface area contributed by atoms with Gasteiger partial charge in [0.05, 0.1) is 25.7 Å². The number of carboxylic acid groups (broad SMARTS) is 1. The molecule has 0 spiro atoms. The van der Waals surface area contributed by atoms with E-state index in [1.54, 1.807) is 0 Å². The highest BCUT2D eigenvalue weighted by molar-refractivity contribution is 5.79. The molecule has 26 heavy (non-hydrogen) atoms. The van der Waals surface area contributed by atoms with Crippen LogP contribution in [-0.2, 0) is 14.3 Å². The van der Waals surface area contributed by atoms with Crippen LogP contribution in [0.3, 0.4) is 0 Å². The first-order chi connectivity index (χ1) is 12.3. The molecule has 1 N–H and O–H groups in total. The van der Waals surface area contributed by atoms with Crippen LogP contribution in [0.1, 0.15) is 6.42 Å². The average molecular weight is 377 g/mol. The molecule has 0 aliphatic carbocycles. The van der Waals surface area contributed by atoms with Crippen LogP contribution in [0.2, 0.25) is 0 Å². The molecule has 0 aromatic heterocycles. The first-order valence-corrected chi connectivity index (χ1v) is 7.76. The predicted molar refractivity (Wildman–Crippen MR) is 82.1 cm³/mol. The van der Waals surface area contributed by atoms with Gasteiger partial charge >= 0.3 is 12.1 Å². The average Bonchev–Trinajstić information content (AvgIpc) is 2.58. The van der Waals surface area contributed by atoms with E-state index in [4.69, 9.17) is 14.6 Å². The van der Waals surface area contributed by atoms with E-state index in [9.17, 15) is 22.8 Å². The number of carbonyl (C=O) groups excluding carboxylic acids is 1. The van der Waals surface area contributed by atoms with E-state index < -0.39 is 37.3 Å². The molecule has 0 bridgehead atoms. The van der Waals surface area contributed by atoms with Gasteiger partial charge < -0.3 is 24.2 Å². The van der Waals surface area contributed by atoms with Crippen molar-refractivity contribution in [2.24, 2.45) is 0 Å². The number of alkyl halides is 3. The fourth-order valence-electron chi connectivity index (χ4n) is 2.42. The fraction of sp³-hybridized carbons (Fsp3) is 0.500. The Kier molecular flexibility index (Phi) is 6.67. The van der Waals surface area contributed by atoms with Gasteiger partial charge in [-0.3, -0.25) is 9.59 Å². The second-order valence-corrected chi connectivity index (χ2v) is 5.55. The Morgan fingerprint density at radius 1 is 1.23 bits per heavy atom. The molecule has 1 unspecified atom stereocenters. The zero-order valence-corrected chi connectivity index (χ0v) is 13.7. The van der Waals surface area contributed by atoms with E-state index >= 15 is 0 Å². The third kappa shape index (κ3) is 6.10. The standard InChI is InChI=1S/C16H18F3NO6/c17-16(18,19)10-26-13-4-2-1-3-12(13)25-9-14(21)20-5-6-24-8-11(20)7-15(22)23/h1-4,11H,5-10H2,(H,22,23). The van der Waals surface area contributed by atoms with Gasteiger partial charge in [0, 0.05) is 6.54 Å². The van der Waals surface area contributed by atoms with Gasteiger partial charge in [0.25, 0.3) is 5.91 Å². The molecule has 1 aliphatic heterocycles. The highest BCUT2D eigenvalue weighted by Crippen LogP contribution is 2.28. The predicted octanol–water partition coefficient (Wildman–Crippen LogP) is 1.71. The third-order valence-electron chi connectivity index (χ3n) is 3.55. The van der Waals surface area contributed by atoms with E-state index in [-0.39, 0.29) is 37.7 Å². The SMILES string of the molecule is O=C(O)CC1COCCN1C(=O)COc1ccccc1OCC(F)(F)F. The number of para-hydroxylation sites is 2. The molecule has 1 aliphatic rings. The number of nitrogens with zero attached hydrogens (tertiary/aromatic N) is 1. The van der Waals surface area contributed by atoms with Crippen molar-refractivity contribution in [3.05, 3.63) is 24.3 Å². The highest BCUT2D eigenvalue weighted by Gasteiger charge is 2.30. The van der Waals surface area contributed by atoms with Crippen molar-refractivity contribution in [1.29, 1.82) is 0 Å².